The van der Waals surface area contributed by atoms with Gasteiger partial charge >= 0.3 is 0 Å². The van der Waals surface area contributed by atoms with E-state index in [4.69, 9.17) is 4.74 Å². The first-order chi connectivity index (χ1) is 7.22. The molecule has 0 saturated carbocycles. The van der Waals surface area contributed by atoms with Crippen LogP contribution in [0.1, 0.15) is 31.0 Å². The van der Waals surface area contributed by atoms with E-state index in [1.165, 1.54) is 11.1 Å². The van der Waals surface area contributed by atoms with Crippen molar-refractivity contribution >= 4 is 0 Å². The Kier molecular flexibility index (Phi) is 3.08. The summed E-state index contributed by atoms with van der Waals surface area (Å²) in [5.41, 5.74) is 2.82. The Labute approximate surface area is 91.6 Å². The Morgan fingerprint density at radius 1 is 1.33 bits per heavy atom. The van der Waals surface area contributed by atoms with Gasteiger partial charge in [0.15, 0.2) is 0 Å². The first-order valence-electron chi connectivity index (χ1n) is 5.59. The Balaban J connectivity index is 2.25. The quantitative estimate of drug-likeness (QED) is 0.817. The highest BCUT2D eigenvalue weighted by Crippen LogP contribution is 2.33. The zero-order valence-corrected chi connectivity index (χ0v) is 9.66. The largest absolute Gasteiger partial charge is 0.379 e. The van der Waals surface area contributed by atoms with Crippen molar-refractivity contribution in [2.45, 2.75) is 38.5 Å². The predicted octanol–water partition coefficient (Wildman–Crippen LogP) is 2.30. The lowest BCUT2D eigenvalue weighted by Gasteiger charge is -2.23. The Hall–Kier alpha value is -0.860. The van der Waals surface area contributed by atoms with Crippen LogP contribution in [0, 0.1) is 0 Å². The minimum Gasteiger partial charge on any atom is -0.379 e. The molecule has 1 aliphatic carbocycles. The molecule has 1 aromatic rings. The van der Waals surface area contributed by atoms with E-state index in [2.05, 4.69) is 43.4 Å². The van der Waals surface area contributed by atoms with Gasteiger partial charge in [0.25, 0.3) is 0 Å². The molecular formula is C13H19NO. The molecule has 2 heteroatoms. The van der Waals surface area contributed by atoms with Crippen LogP contribution in [0.15, 0.2) is 24.3 Å². The highest BCUT2D eigenvalue weighted by Gasteiger charge is 2.32. The fourth-order valence-corrected chi connectivity index (χ4v) is 2.33. The van der Waals surface area contributed by atoms with Crippen molar-refractivity contribution < 1.29 is 4.74 Å². The molecule has 0 bridgehead atoms. The molecular weight excluding hydrogens is 186 g/mol. The van der Waals surface area contributed by atoms with Crippen LogP contribution in [-0.4, -0.2) is 19.3 Å². The molecule has 0 aromatic heterocycles. The summed E-state index contributed by atoms with van der Waals surface area (Å²) in [7, 11) is 1.80. The summed E-state index contributed by atoms with van der Waals surface area (Å²) in [6.45, 7) is 4.35. The van der Waals surface area contributed by atoms with Crippen molar-refractivity contribution in [3.05, 3.63) is 35.4 Å². The molecule has 0 fully saturated rings. The van der Waals surface area contributed by atoms with Crippen LogP contribution in [0.2, 0.25) is 0 Å². The van der Waals surface area contributed by atoms with Gasteiger partial charge in [0.2, 0.25) is 0 Å². The van der Waals surface area contributed by atoms with Gasteiger partial charge in [-0.2, -0.15) is 0 Å². The smallest absolute Gasteiger partial charge is 0.0806 e. The molecule has 2 rings (SSSR count). The molecule has 0 saturated heterocycles. The maximum absolute atomic E-state index is 5.54. The minimum atomic E-state index is 0.282. The number of fused-ring (bicyclic) bond motifs is 1. The fraction of sp³-hybridized carbons (Fsp3) is 0.538. The minimum absolute atomic E-state index is 0.282. The summed E-state index contributed by atoms with van der Waals surface area (Å²) in [6.07, 6.45) is 1.31. The van der Waals surface area contributed by atoms with Crippen molar-refractivity contribution in [1.29, 1.82) is 0 Å². The van der Waals surface area contributed by atoms with E-state index in [1.54, 1.807) is 7.11 Å². The number of hydrogen-bond acceptors (Lipinski definition) is 2. The third-order valence-corrected chi connectivity index (χ3v) is 3.00. The van der Waals surface area contributed by atoms with Crippen LogP contribution in [0.25, 0.3) is 0 Å². The van der Waals surface area contributed by atoms with Crippen LogP contribution >= 0.6 is 0 Å². The van der Waals surface area contributed by atoms with Crippen molar-refractivity contribution in [2.24, 2.45) is 0 Å². The van der Waals surface area contributed by atoms with Gasteiger partial charge in [0.05, 0.1) is 12.1 Å². The van der Waals surface area contributed by atoms with Gasteiger partial charge in [0.1, 0.15) is 0 Å². The van der Waals surface area contributed by atoms with Gasteiger partial charge in [-0.1, -0.05) is 38.1 Å². The Morgan fingerprint density at radius 2 is 2.07 bits per heavy atom. The number of hydrogen-bond donors (Lipinski definition) is 1. The third-order valence-electron chi connectivity index (χ3n) is 3.00. The normalized spacial score (nSPS) is 24.5. The lowest BCUT2D eigenvalue weighted by atomic mass is 10.1. The molecule has 0 heterocycles. The molecule has 0 amide bonds. The van der Waals surface area contributed by atoms with Gasteiger partial charge in [-0.25, -0.2) is 0 Å². The van der Waals surface area contributed by atoms with Crippen molar-refractivity contribution in [3.8, 4) is 0 Å². The fourth-order valence-electron chi connectivity index (χ4n) is 2.33. The van der Waals surface area contributed by atoms with E-state index in [-0.39, 0.29) is 6.10 Å². The van der Waals surface area contributed by atoms with E-state index in [9.17, 15) is 0 Å². The second-order valence-electron chi connectivity index (χ2n) is 4.48. The van der Waals surface area contributed by atoms with Gasteiger partial charge in [-0.15, -0.1) is 0 Å². The Bertz CT molecular complexity index is 335. The molecule has 1 N–H and O–H groups in total. The molecule has 1 aliphatic rings. The average Bonchev–Trinajstić information content (AvgIpc) is 2.56. The standard InChI is InChI=1S/C13H19NO/c1-9(2)14-13-11-7-5-4-6-10(11)8-12(13)15-3/h4-7,9,12-14H,8H2,1-3H3. The van der Waals surface area contributed by atoms with Crippen LogP contribution in [-0.2, 0) is 11.2 Å². The summed E-state index contributed by atoms with van der Waals surface area (Å²) in [5.74, 6) is 0. The molecule has 2 atom stereocenters. The zero-order chi connectivity index (χ0) is 10.8. The third kappa shape index (κ3) is 2.06. The van der Waals surface area contributed by atoms with E-state index in [1.807, 2.05) is 0 Å². The maximum Gasteiger partial charge on any atom is 0.0806 e. The predicted molar refractivity (Wildman–Crippen MR) is 62.0 cm³/mol. The second kappa shape index (κ2) is 4.33. The number of rotatable bonds is 3. The van der Waals surface area contributed by atoms with Crippen molar-refractivity contribution in [3.63, 3.8) is 0 Å². The summed E-state index contributed by atoms with van der Waals surface area (Å²) in [6, 6.07) is 9.44. The van der Waals surface area contributed by atoms with E-state index >= 15 is 0 Å². The highest BCUT2D eigenvalue weighted by molar-refractivity contribution is 5.36. The average molecular weight is 205 g/mol. The number of ether oxygens (including phenoxy) is 1. The Morgan fingerprint density at radius 3 is 2.73 bits per heavy atom. The van der Waals surface area contributed by atoms with Gasteiger partial charge in [-0.3, -0.25) is 0 Å². The lowest BCUT2D eigenvalue weighted by molar-refractivity contribution is 0.0762. The van der Waals surface area contributed by atoms with E-state index in [0.717, 1.165) is 6.42 Å². The van der Waals surface area contributed by atoms with Gasteiger partial charge in [0, 0.05) is 19.6 Å². The van der Waals surface area contributed by atoms with Crippen LogP contribution < -0.4 is 5.32 Å². The molecule has 15 heavy (non-hydrogen) atoms. The maximum atomic E-state index is 5.54. The van der Waals surface area contributed by atoms with Crippen LogP contribution in [0.3, 0.4) is 0 Å². The van der Waals surface area contributed by atoms with Crippen LogP contribution in [0.5, 0.6) is 0 Å². The summed E-state index contributed by atoms with van der Waals surface area (Å²) in [4.78, 5) is 0. The number of nitrogens with one attached hydrogen (secondary N) is 1. The van der Waals surface area contributed by atoms with Crippen molar-refractivity contribution in [2.75, 3.05) is 7.11 Å². The van der Waals surface area contributed by atoms with E-state index < -0.39 is 0 Å². The first-order valence-corrected chi connectivity index (χ1v) is 5.59. The highest BCUT2D eigenvalue weighted by atomic mass is 16.5. The molecule has 2 nitrogen and oxygen atoms in total. The number of methoxy groups -OCH3 is 1. The first kappa shape index (κ1) is 10.7. The summed E-state index contributed by atoms with van der Waals surface area (Å²) >= 11 is 0. The SMILES string of the molecule is COC1Cc2ccccc2C1NC(C)C. The van der Waals surface area contributed by atoms with Crippen molar-refractivity contribution in [1.82, 2.24) is 5.32 Å². The molecule has 2 unspecified atom stereocenters. The van der Waals surface area contributed by atoms with Gasteiger partial charge < -0.3 is 10.1 Å². The molecule has 82 valence electrons. The lowest BCUT2D eigenvalue weighted by Crippen LogP contribution is -2.34. The second-order valence-corrected chi connectivity index (χ2v) is 4.48. The topological polar surface area (TPSA) is 21.3 Å². The molecule has 0 aliphatic heterocycles. The molecule has 0 radical (unpaired) electrons. The number of benzene rings is 1. The monoisotopic (exact) mass is 205 g/mol. The van der Waals surface area contributed by atoms with Crippen LogP contribution in [0.4, 0.5) is 0 Å². The summed E-state index contributed by atoms with van der Waals surface area (Å²) in [5, 5.41) is 3.57. The zero-order valence-electron chi connectivity index (χ0n) is 9.66. The molecule has 1 aromatic carbocycles. The summed E-state index contributed by atoms with van der Waals surface area (Å²) < 4.78 is 5.54. The van der Waals surface area contributed by atoms with Gasteiger partial charge in [-0.05, 0) is 11.1 Å². The van der Waals surface area contributed by atoms with E-state index in [0.29, 0.717) is 12.1 Å². The molecule has 0 spiro atoms.